The van der Waals surface area contributed by atoms with Crippen molar-refractivity contribution < 1.29 is 22.7 Å². The van der Waals surface area contributed by atoms with E-state index in [1.165, 1.54) is 6.92 Å². The number of rotatable bonds is 4. The van der Waals surface area contributed by atoms with Crippen molar-refractivity contribution >= 4 is 21.8 Å². The molecule has 6 nitrogen and oxygen atoms in total. The number of ketones is 1. The fourth-order valence-corrected chi connectivity index (χ4v) is 6.31. The van der Waals surface area contributed by atoms with Gasteiger partial charge in [0.05, 0.1) is 0 Å². The maximum absolute atomic E-state index is 12.8. The third-order valence-electron chi connectivity index (χ3n) is 5.91. The van der Waals surface area contributed by atoms with Crippen LogP contribution in [0.25, 0.3) is 0 Å². The van der Waals surface area contributed by atoms with E-state index in [1.807, 2.05) is 20.8 Å². The molecule has 4 atom stereocenters. The Kier molecular flexibility index (Phi) is 4.46. The van der Waals surface area contributed by atoms with Gasteiger partial charge in [0, 0.05) is 5.41 Å². The van der Waals surface area contributed by atoms with Crippen molar-refractivity contribution in [3.63, 3.8) is 0 Å². The molecule has 2 bridgehead atoms. The number of nitrogens with one attached hydrogen (secondary N) is 1. The van der Waals surface area contributed by atoms with E-state index in [-0.39, 0.29) is 17.1 Å². The molecule has 2 saturated carbocycles. The van der Waals surface area contributed by atoms with Crippen molar-refractivity contribution in [1.29, 1.82) is 0 Å². The summed E-state index contributed by atoms with van der Waals surface area (Å²) in [4.78, 5) is 24.8. The predicted octanol–water partition coefficient (Wildman–Crippen LogP) is 2.03. The van der Waals surface area contributed by atoms with Crippen molar-refractivity contribution in [3.8, 4) is 0 Å². The van der Waals surface area contributed by atoms with Crippen LogP contribution in [-0.4, -0.2) is 37.1 Å². The molecule has 0 aliphatic heterocycles. The highest BCUT2D eigenvalue weighted by Crippen LogP contribution is 2.64. The molecule has 0 aromatic heterocycles. The fourth-order valence-electron chi connectivity index (χ4n) is 4.12. The van der Waals surface area contributed by atoms with Crippen LogP contribution in [0.5, 0.6) is 0 Å². The number of Topliss-reactive ketones (excluding diaryl/α,β-unsaturated/α-hetero) is 1. The number of fused-ring (bicyclic) bond motifs is 2. The molecule has 2 fully saturated rings. The fraction of sp³-hybridized carbons (Fsp3) is 0.882. The van der Waals surface area contributed by atoms with E-state index >= 15 is 0 Å². The van der Waals surface area contributed by atoms with Crippen molar-refractivity contribution in [3.05, 3.63) is 0 Å². The molecule has 0 spiro atoms. The molecule has 0 amide bonds. The molecule has 0 radical (unpaired) electrons. The highest BCUT2D eigenvalue weighted by atomic mass is 32.2. The van der Waals surface area contributed by atoms with E-state index in [9.17, 15) is 18.0 Å². The summed E-state index contributed by atoms with van der Waals surface area (Å²) in [7, 11) is -3.95. The Morgan fingerprint density at radius 3 is 2.25 bits per heavy atom. The molecule has 2 aliphatic carbocycles. The first-order valence-electron chi connectivity index (χ1n) is 8.42. The van der Waals surface area contributed by atoms with Crippen LogP contribution in [0.15, 0.2) is 0 Å². The highest BCUT2D eigenvalue weighted by Gasteiger charge is 2.69. The zero-order valence-corrected chi connectivity index (χ0v) is 16.4. The van der Waals surface area contributed by atoms with Crippen LogP contribution in [0.2, 0.25) is 0 Å². The van der Waals surface area contributed by atoms with Crippen LogP contribution >= 0.6 is 0 Å². The lowest BCUT2D eigenvalue weighted by atomic mass is 9.70. The molecule has 1 N–H and O–H groups in total. The number of carbonyl (C=O) groups excluding carboxylic acids is 2. The molecule has 2 rings (SSSR count). The zero-order valence-electron chi connectivity index (χ0n) is 15.6. The van der Waals surface area contributed by atoms with E-state index in [2.05, 4.69) is 4.72 Å². The number of sulfonamides is 1. The maximum atomic E-state index is 12.8. The quantitative estimate of drug-likeness (QED) is 0.776. The van der Waals surface area contributed by atoms with Crippen molar-refractivity contribution in [2.24, 2.45) is 16.7 Å². The van der Waals surface area contributed by atoms with Gasteiger partial charge in [-0.2, -0.15) is 0 Å². The monoisotopic (exact) mass is 359 g/mol. The van der Waals surface area contributed by atoms with Crippen LogP contribution < -0.4 is 4.72 Å². The molecule has 7 heteroatoms. The molecule has 0 heterocycles. The molecular weight excluding hydrogens is 330 g/mol. The lowest BCUT2D eigenvalue weighted by molar-refractivity contribution is -0.156. The minimum Gasteiger partial charge on any atom is -0.459 e. The summed E-state index contributed by atoms with van der Waals surface area (Å²) in [6.45, 7) is 12.4. The first-order chi connectivity index (χ1) is 10.6. The van der Waals surface area contributed by atoms with Gasteiger partial charge < -0.3 is 4.74 Å². The second-order valence-corrected chi connectivity index (χ2v) is 10.7. The van der Waals surface area contributed by atoms with Gasteiger partial charge in [0.2, 0.25) is 10.0 Å². The first-order valence-corrected chi connectivity index (χ1v) is 9.96. The van der Waals surface area contributed by atoms with Crippen molar-refractivity contribution in [1.82, 2.24) is 4.72 Å². The van der Waals surface area contributed by atoms with Gasteiger partial charge in [-0.15, -0.1) is 0 Å². The molecule has 0 aromatic rings. The number of ether oxygens (including phenoxy) is 1. The van der Waals surface area contributed by atoms with Gasteiger partial charge in [0.1, 0.15) is 16.9 Å². The van der Waals surface area contributed by atoms with Crippen LogP contribution in [0.1, 0.15) is 61.3 Å². The van der Waals surface area contributed by atoms with Gasteiger partial charge in [-0.25, -0.2) is 13.1 Å². The lowest BCUT2D eigenvalue weighted by Gasteiger charge is -2.32. The molecule has 138 valence electrons. The smallest absolute Gasteiger partial charge is 0.324 e. The number of carbonyl (C=O) groups is 2. The summed E-state index contributed by atoms with van der Waals surface area (Å²) >= 11 is 0. The Labute approximate surface area is 144 Å². The van der Waals surface area contributed by atoms with E-state index < -0.39 is 38.3 Å². The number of esters is 1. The Balaban J connectivity index is 2.21. The molecule has 0 aromatic carbocycles. The molecule has 2 aliphatic rings. The minimum absolute atomic E-state index is 0.224. The molecule has 24 heavy (non-hydrogen) atoms. The third kappa shape index (κ3) is 2.90. The molecule has 0 saturated heterocycles. The van der Waals surface area contributed by atoms with Crippen molar-refractivity contribution in [2.45, 2.75) is 78.2 Å². The predicted molar refractivity (Wildman–Crippen MR) is 90.8 cm³/mol. The Morgan fingerprint density at radius 2 is 1.83 bits per heavy atom. The topological polar surface area (TPSA) is 89.5 Å². The zero-order chi connectivity index (χ0) is 18.7. The van der Waals surface area contributed by atoms with Gasteiger partial charge in [-0.3, -0.25) is 9.59 Å². The summed E-state index contributed by atoms with van der Waals surface area (Å²) in [5.74, 6) is -1.10. The summed E-state index contributed by atoms with van der Waals surface area (Å²) in [6.07, 6.45) is 1.43. The van der Waals surface area contributed by atoms with Crippen LogP contribution in [-0.2, 0) is 24.3 Å². The molecule has 0 unspecified atom stereocenters. The lowest BCUT2D eigenvalue weighted by Crippen LogP contribution is -2.50. The van der Waals surface area contributed by atoms with Crippen LogP contribution in [0, 0.1) is 16.7 Å². The van der Waals surface area contributed by atoms with Gasteiger partial charge in [-0.05, 0) is 51.9 Å². The molecular formula is C17H29NO5S. The van der Waals surface area contributed by atoms with E-state index in [1.54, 1.807) is 20.8 Å². The summed E-state index contributed by atoms with van der Waals surface area (Å²) < 4.78 is 33.2. The minimum atomic E-state index is -3.95. The van der Waals surface area contributed by atoms with Crippen molar-refractivity contribution in [2.75, 3.05) is 0 Å². The average Bonchev–Trinajstić information content (AvgIpc) is 2.68. The second kappa shape index (κ2) is 5.53. The highest BCUT2D eigenvalue weighted by molar-refractivity contribution is 7.91. The van der Waals surface area contributed by atoms with E-state index in [0.29, 0.717) is 6.42 Å². The van der Waals surface area contributed by atoms with Gasteiger partial charge in [0.15, 0.2) is 5.78 Å². The SMILES string of the molecule is C[C@H](NS(=O)(=O)[C@@H]1C(=O)[C@]2(C)CC[C@H]1C2(C)C)C(=O)OC(C)(C)C. The van der Waals surface area contributed by atoms with Gasteiger partial charge in [0.25, 0.3) is 0 Å². The largest absolute Gasteiger partial charge is 0.459 e. The first kappa shape index (κ1) is 19.4. The van der Waals surface area contributed by atoms with E-state index in [0.717, 1.165) is 6.42 Å². The Morgan fingerprint density at radius 1 is 1.29 bits per heavy atom. The summed E-state index contributed by atoms with van der Waals surface area (Å²) in [5, 5.41) is -1.09. The summed E-state index contributed by atoms with van der Waals surface area (Å²) in [5.41, 5.74) is -1.68. The average molecular weight is 359 g/mol. The van der Waals surface area contributed by atoms with Crippen LogP contribution in [0.4, 0.5) is 0 Å². The Bertz CT molecular complexity index is 661. The van der Waals surface area contributed by atoms with Gasteiger partial charge in [-0.1, -0.05) is 20.8 Å². The summed E-state index contributed by atoms with van der Waals surface area (Å²) in [6, 6.07) is -1.03. The maximum Gasteiger partial charge on any atom is 0.324 e. The van der Waals surface area contributed by atoms with Crippen LogP contribution in [0.3, 0.4) is 0 Å². The normalized spacial score (nSPS) is 33.5. The number of hydrogen-bond acceptors (Lipinski definition) is 5. The van der Waals surface area contributed by atoms with Gasteiger partial charge >= 0.3 is 5.97 Å². The number of hydrogen-bond donors (Lipinski definition) is 1. The second-order valence-electron chi connectivity index (χ2n) is 8.90. The Hall–Kier alpha value is -0.950. The third-order valence-corrected chi connectivity index (χ3v) is 7.80. The standard InChI is InChI=1S/C17H29NO5S/c1-10(14(20)23-15(2,3)4)18-24(21,22)12-11-8-9-17(7,13(12)19)16(11,5)6/h10-12,18H,8-9H2,1-7H3/t10-,11+,12-,17-/m0/s1. The van der Waals surface area contributed by atoms with E-state index in [4.69, 9.17) is 4.74 Å².